The first-order valence-electron chi connectivity index (χ1n) is 11.9. The van der Waals surface area contributed by atoms with E-state index in [2.05, 4.69) is 5.32 Å². The van der Waals surface area contributed by atoms with E-state index in [-0.39, 0.29) is 17.0 Å². The molecule has 0 saturated carbocycles. The Morgan fingerprint density at radius 3 is 2.18 bits per heavy atom. The van der Waals surface area contributed by atoms with E-state index in [1.165, 1.54) is 12.1 Å². The number of esters is 1. The van der Waals surface area contributed by atoms with Crippen LogP contribution < -0.4 is 10.4 Å². The molecule has 8 heteroatoms. The van der Waals surface area contributed by atoms with Crippen LogP contribution in [0, 0.1) is 0 Å². The van der Waals surface area contributed by atoms with Crippen LogP contribution in [0.15, 0.2) is 109 Å². The van der Waals surface area contributed by atoms with Gasteiger partial charge in [-0.15, -0.1) is 0 Å². The average Bonchev–Trinajstić information content (AvgIpc) is 3.21. The van der Waals surface area contributed by atoms with Crippen molar-refractivity contribution in [3.05, 3.63) is 136 Å². The number of hydrogen-bond donors (Lipinski definition) is 2. The topological polar surface area (TPSA) is 95.9 Å². The molecule has 0 saturated heterocycles. The van der Waals surface area contributed by atoms with E-state index < -0.39 is 17.8 Å². The Morgan fingerprint density at radius 1 is 0.846 bits per heavy atom. The highest BCUT2D eigenvalue weighted by Crippen LogP contribution is 2.42. The van der Waals surface area contributed by atoms with Crippen molar-refractivity contribution in [1.82, 2.24) is 0 Å². The molecular weight excluding hydrogens is 516 g/mol. The molecule has 0 aliphatic carbocycles. The van der Waals surface area contributed by atoms with Gasteiger partial charge in [-0.25, -0.2) is 4.79 Å². The van der Waals surface area contributed by atoms with E-state index >= 15 is 0 Å². The number of ether oxygens (including phenoxy) is 1. The fraction of sp³-hybridized carbons (Fsp3) is 0. The molecule has 1 aliphatic heterocycles. The van der Waals surface area contributed by atoms with Crippen LogP contribution in [0.5, 0.6) is 0 Å². The van der Waals surface area contributed by atoms with Gasteiger partial charge in [-0.2, -0.15) is 5.06 Å². The molecule has 0 bridgehead atoms. The Kier molecular flexibility index (Phi) is 7.36. The summed E-state index contributed by atoms with van der Waals surface area (Å²) >= 11 is 6.13. The van der Waals surface area contributed by atoms with Crippen molar-refractivity contribution >= 4 is 58.2 Å². The van der Waals surface area contributed by atoms with Gasteiger partial charge in [0.25, 0.3) is 5.91 Å². The van der Waals surface area contributed by atoms with E-state index in [9.17, 15) is 19.6 Å². The number of fused-ring (bicyclic) bond motifs is 1. The first-order valence-corrected chi connectivity index (χ1v) is 12.3. The van der Waals surface area contributed by atoms with Crippen LogP contribution in [-0.4, -0.2) is 23.0 Å². The average molecular weight is 537 g/mol. The summed E-state index contributed by atoms with van der Waals surface area (Å²) in [6.45, 7) is 0. The molecule has 5 rings (SSSR count). The van der Waals surface area contributed by atoms with Gasteiger partial charge < -0.3 is 10.1 Å². The fourth-order valence-corrected chi connectivity index (χ4v) is 4.27. The number of nitrogens with one attached hydrogen (secondary N) is 1. The third-order valence-corrected chi connectivity index (χ3v) is 6.30. The number of halogens is 1. The lowest BCUT2D eigenvalue weighted by Crippen LogP contribution is -2.22. The number of carbonyl (C=O) groups excluding carboxylic acids is 3. The second-order valence-corrected chi connectivity index (χ2v) is 8.93. The Balaban J connectivity index is 1.48. The summed E-state index contributed by atoms with van der Waals surface area (Å²) in [4.78, 5) is 38.7. The highest BCUT2D eigenvalue weighted by molar-refractivity contribution is 6.36. The summed E-state index contributed by atoms with van der Waals surface area (Å²) < 4.78 is 5.75. The number of anilines is 2. The minimum atomic E-state index is -0.771. The van der Waals surface area contributed by atoms with E-state index in [0.717, 1.165) is 0 Å². The predicted molar refractivity (Wildman–Crippen MR) is 150 cm³/mol. The van der Waals surface area contributed by atoms with Crippen LogP contribution in [0.2, 0.25) is 5.02 Å². The van der Waals surface area contributed by atoms with E-state index in [1.807, 2.05) is 6.07 Å². The van der Waals surface area contributed by atoms with E-state index in [4.69, 9.17) is 16.3 Å². The van der Waals surface area contributed by atoms with Crippen LogP contribution in [-0.2, 0) is 14.3 Å². The molecule has 0 radical (unpaired) electrons. The molecule has 7 nitrogen and oxygen atoms in total. The van der Waals surface area contributed by atoms with Gasteiger partial charge in [0, 0.05) is 27.9 Å². The molecule has 1 aliphatic rings. The lowest BCUT2D eigenvalue weighted by molar-refractivity contribution is -0.117. The summed E-state index contributed by atoms with van der Waals surface area (Å²) in [5.41, 5.74) is 2.30. The summed E-state index contributed by atoms with van der Waals surface area (Å²) in [6.07, 6.45) is 2.92. The van der Waals surface area contributed by atoms with Gasteiger partial charge in [-0.1, -0.05) is 78.3 Å². The lowest BCUT2D eigenvalue weighted by Gasteiger charge is -2.12. The first kappa shape index (κ1) is 25.7. The Bertz CT molecular complexity index is 1630. The van der Waals surface area contributed by atoms with Crippen LogP contribution in [0.4, 0.5) is 11.4 Å². The van der Waals surface area contributed by atoms with Crippen molar-refractivity contribution in [3.63, 3.8) is 0 Å². The molecule has 2 N–H and O–H groups in total. The maximum absolute atomic E-state index is 13.2. The van der Waals surface area contributed by atoms with E-state index in [1.54, 1.807) is 97.1 Å². The number of hydroxylamine groups is 1. The predicted octanol–water partition coefficient (Wildman–Crippen LogP) is 6.45. The number of rotatable bonds is 6. The normalized spacial score (nSPS) is 13.8. The quantitative estimate of drug-likeness (QED) is 0.128. The summed E-state index contributed by atoms with van der Waals surface area (Å²) in [7, 11) is 0. The number of hydrogen-bond acceptors (Lipinski definition) is 5. The van der Waals surface area contributed by atoms with Gasteiger partial charge in [-0.3, -0.25) is 14.8 Å². The summed E-state index contributed by atoms with van der Waals surface area (Å²) in [6, 6.07) is 28.8. The zero-order valence-electron chi connectivity index (χ0n) is 20.4. The smallest absolute Gasteiger partial charge is 0.343 e. The van der Waals surface area contributed by atoms with Crippen molar-refractivity contribution in [3.8, 4) is 0 Å². The molecule has 0 atom stereocenters. The molecule has 0 spiro atoms. The Labute approximate surface area is 229 Å². The van der Waals surface area contributed by atoms with Gasteiger partial charge in [0.1, 0.15) is 0 Å². The molecule has 4 aromatic carbocycles. The van der Waals surface area contributed by atoms with Gasteiger partial charge in [0.05, 0.1) is 16.8 Å². The largest absolute Gasteiger partial charge is 0.421 e. The SMILES string of the molecule is O=C(/C=C/c1ccccc1Cl)Nc1ccc2c(c1)N(O)C(=O)/C2=C(\OC(=O)c1ccccc1)c1ccccc1. The monoisotopic (exact) mass is 536 g/mol. The summed E-state index contributed by atoms with van der Waals surface area (Å²) in [5, 5.41) is 14.4. The lowest BCUT2D eigenvalue weighted by atomic mass is 10.0. The molecule has 1 heterocycles. The first-order chi connectivity index (χ1) is 18.9. The highest BCUT2D eigenvalue weighted by Gasteiger charge is 2.36. The van der Waals surface area contributed by atoms with Crippen molar-refractivity contribution in [2.24, 2.45) is 0 Å². The van der Waals surface area contributed by atoms with Gasteiger partial charge >= 0.3 is 5.97 Å². The van der Waals surface area contributed by atoms with Crippen molar-refractivity contribution < 1.29 is 24.3 Å². The second-order valence-electron chi connectivity index (χ2n) is 8.52. The number of carbonyl (C=O) groups is 3. The number of nitrogens with zero attached hydrogens (tertiary/aromatic N) is 1. The summed E-state index contributed by atoms with van der Waals surface area (Å²) in [5.74, 6) is -1.85. The molecule has 0 fully saturated rings. The third kappa shape index (κ3) is 5.50. The number of benzene rings is 4. The zero-order chi connectivity index (χ0) is 27.4. The molecule has 39 heavy (non-hydrogen) atoms. The molecular formula is C31H21ClN2O5. The van der Waals surface area contributed by atoms with Crippen LogP contribution >= 0.6 is 11.6 Å². The Morgan fingerprint density at radius 2 is 1.49 bits per heavy atom. The standard InChI is InChI=1S/C31H21ClN2O5/c32-25-14-8-7-9-20(25)15-18-27(35)33-23-16-17-24-26(19-23)34(38)30(36)28(24)29(21-10-3-1-4-11-21)39-31(37)22-12-5-2-6-13-22/h1-19,38H,(H,33,35)/b18-15+,29-28-. The molecule has 2 amide bonds. The highest BCUT2D eigenvalue weighted by atomic mass is 35.5. The molecule has 0 aromatic heterocycles. The van der Waals surface area contributed by atoms with Gasteiger partial charge in [0.15, 0.2) is 5.76 Å². The Hall–Kier alpha value is -4.98. The van der Waals surface area contributed by atoms with Crippen molar-refractivity contribution in [1.29, 1.82) is 0 Å². The molecule has 192 valence electrons. The molecule has 0 unspecified atom stereocenters. The van der Waals surface area contributed by atoms with Crippen LogP contribution in [0.3, 0.4) is 0 Å². The zero-order valence-corrected chi connectivity index (χ0v) is 21.1. The minimum Gasteiger partial charge on any atom is -0.421 e. The third-order valence-electron chi connectivity index (χ3n) is 5.96. The van der Waals surface area contributed by atoms with Crippen molar-refractivity contribution in [2.45, 2.75) is 0 Å². The van der Waals surface area contributed by atoms with Gasteiger partial charge in [0.2, 0.25) is 5.91 Å². The van der Waals surface area contributed by atoms with E-state index in [0.29, 0.717) is 38.0 Å². The van der Waals surface area contributed by atoms with Crippen LogP contribution in [0.25, 0.3) is 17.4 Å². The minimum absolute atomic E-state index is 0.00621. The maximum atomic E-state index is 13.2. The van der Waals surface area contributed by atoms with Gasteiger partial charge in [-0.05, 0) is 48.0 Å². The maximum Gasteiger partial charge on any atom is 0.343 e. The fourth-order valence-electron chi connectivity index (χ4n) is 4.08. The van der Waals surface area contributed by atoms with Crippen LogP contribution in [0.1, 0.15) is 27.0 Å². The second kappa shape index (κ2) is 11.2. The molecule has 4 aromatic rings. The van der Waals surface area contributed by atoms with Crippen molar-refractivity contribution in [2.75, 3.05) is 10.4 Å². The number of amides is 2.